The van der Waals surface area contributed by atoms with E-state index in [0.29, 0.717) is 6.54 Å². The zero-order valence-electron chi connectivity index (χ0n) is 12.8. The monoisotopic (exact) mass is 279 g/mol. The van der Waals surface area contributed by atoms with E-state index in [4.69, 9.17) is 0 Å². The quantitative estimate of drug-likeness (QED) is 0.916. The third-order valence-corrected chi connectivity index (χ3v) is 4.29. The summed E-state index contributed by atoms with van der Waals surface area (Å²) in [6.45, 7) is 8.70. The minimum absolute atomic E-state index is 0.0989. The second-order valence-corrected chi connectivity index (χ2v) is 6.01. The maximum Gasteiger partial charge on any atom is 0.247 e. The molecule has 1 saturated heterocycles. The minimum Gasteiger partial charge on any atom is -0.396 e. The predicted molar refractivity (Wildman–Crippen MR) is 77.4 cm³/mol. The lowest BCUT2D eigenvalue weighted by Crippen LogP contribution is -2.48. The number of likely N-dealkylation sites (tertiary alicyclic amines) is 1. The molecule has 0 aliphatic carbocycles. The molecule has 0 saturated carbocycles. The molecule has 1 N–H and O–H groups in total. The van der Waals surface area contributed by atoms with E-state index in [1.54, 1.807) is 4.68 Å². The molecule has 0 aromatic carbocycles. The smallest absolute Gasteiger partial charge is 0.247 e. The molecular formula is C15H25N3O2. The van der Waals surface area contributed by atoms with Crippen LogP contribution in [0.15, 0.2) is 6.07 Å². The zero-order valence-corrected chi connectivity index (χ0v) is 12.8. The van der Waals surface area contributed by atoms with E-state index in [-0.39, 0.29) is 30.5 Å². The molecule has 0 bridgehead atoms. The van der Waals surface area contributed by atoms with E-state index < -0.39 is 0 Å². The van der Waals surface area contributed by atoms with Crippen LogP contribution in [0.2, 0.25) is 0 Å². The van der Waals surface area contributed by atoms with Crippen molar-refractivity contribution in [2.75, 3.05) is 13.2 Å². The van der Waals surface area contributed by atoms with E-state index >= 15 is 0 Å². The van der Waals surface area contributed by atoms with E-state index in [1.807, 2.05) is 31.7 Å². The first-order chi connectivity index (χ1) is 9.43. The number of rotatable bonds is 3. The van der Waals surface area contributed by atoms with Gasteiger partial charge in [-0.25, -0.2) is 0 Å². The molecule has 3 unspecified atom stereocenters. The Morgan fingerprint density at radius 3 is 2.75 bits per heavy atom. The standard InChI is InChI=1S/C15H25N3O2/c1-10-7-12(3)18(16-10)13(4)15(20)17-8-14(9-19)6-5-11(17)2/h7,11,13-14,19H,5-6,8-9H2,1-4H3. The van der Waals surface area contributed by atoms with Crippen molar-refractivity contribution in [3.05, 3.63) is 17.5 Å². The van der Waals surface area contributed by atoms with Gasteiger partial charge < -0.3 is 10.0 Å². The van der Waals surface area contributed by atoms with Crippen LogP contribution in [0.4, 0.5) is 0 Å². The lowest BCUT2D eigenvalue weighted by Gasteiger charge is -2.38. The Hall–Kier alpha value is -1.36. The number of nitrogens with zero attached hydrogens (tertiary/aromatic N) is 3. The SMILES string of the molecule is Cc1cc(C)n(C(C)C(=O)N2CC(CO)CCC2C)n1. The summed E-state index contributed by atoms with van der Waals surface area (Å²) in [5.74, 6) is 0.310. The van der Waals surface area contributed by atoms with Gasteiger partial charge in [0.2, 0.25) is 5.91 Å². The third kappa shape index (κ3) is 2.87. The van der Waals surface area contributed by atoms with Gasteiger partial charge >= 0.3 is 0 Å². The average Bonchev–Trinajstić information content (AvgIpc) is 2.76. The lowest BCUT2D eigenvalue weighted by atomic mass is 9.93. The van der Waals surface area contributed by atoms with Crippen LogP contribution < -0.4 is 0 Å². The van der Waals surface area contributed by atoms with Crippen molar-refractivity contribution >= 4 is 5.91 Å². The summed E-state index contributed by atoms with van der Waals surface area (Å²) in [7, 11) is 0. The molecule has 1 aromatic rings. The molecule has 1 aromatic heterocycles. The normalized spacial score (nSPS) is 24.8. The molecule has 5 heteroatoms. The van der Waals surface area contributed by atoms with Gasteiger partial charge in [-0.15, -0.1) is 0 Å². The Balaban J connectivity index is 2.15. The van der Waals surface area contributed by atoms with Crippen LogP contribution in [-0.2, 0) is 4.79 Å². The molecule has 1 aliphatic rings. The highest BCUT2D eigenvalue weighted by Gasteiger charge is 2.32. The maximum atomic E-state index is 12.7. The van der Waals surface area contributed by atoms with Crippen LogP contribution in [0.1, 0.15) is 44.1 Å². The summed E-state index contributed by atoms with van der Waals surface area (Å²) in [5.41, 5.74) is 1.94. The Kier molecular flexibility index (Phi) is 4.48. The first-order valence-corrected chi connectivity index (χ1v) is 7.38. The number of hydrogen-bond acceptors (Lipinski definition) is 3. The summed E-state index contributed by atoms with van der Waals surface area (Å²) in [5, 5.41) is 13.7. The van der Waals surface area contributed by atoms with E-state index in [1.165, 1.54) is 0 Å². The first-order valence-electron chi connectivity index (χ1n) is 7.38. The lowest BCUT2D eigenvalue weighted by molar-refractivity contribution is -0.139. The fourth-order valence-corrected chi connectivity index (χ4v) is 3.02. The molecule has 112 valence electrons. The van der Waals surface area contributed by atoms with Crippen LogP contribution in [0, 0.1) is 19.8 Å². The van der Waals surface area contributed by atoms with Crippen LogP contribution in [0.25, 0.3) is 0 Å². The molecule has 2 rings (SSSR count). The number of aliphatic hydroxyl groups excluding tert-OH is 1. The van der Waals surface area contributed by atoms with Gasteiger partial charge in [0, 0.05) is 24.9 Å². The number of carbonyl (C=O) groups is 1. The maximum absolute atomic E-state index is 12.7. The van der Waals surface area contributed by atoms with Crippen molar-refractivity contribution in [1.82, 2.24) is 14.7 Å². The second-order valence-electron chi connectivity index (χ2n) is 6.01. The number of aromatic nitrogens is 2. The molecule has 0 spiro atoms. The summed E-state index contributed by atoms with van der Waals surface area (Å²) < 4.78 is 1.80. The van der Waals surface area contributed by atoms with Gasteiger partial charge in [-0.05, 0) is 52.5 Å². The van der Waals surface area contributed by atoms with Crippen molar-refractivity contribution < 1.29 is 9.90 Å². The fourth-order valence-electron chi connectivity index (χ4n) is 3.02. The van der Waals surface area contributed by atoms with Crippen molar-refractivity contribution in [3.63, 3.8) is 0 Å². The Labute approximate surface area is 120 Å². The second kappa shape index (κ2) is 5.95. The van der Waals surface area contributed by atoms with Crippen molar-refractivity contribution in [1.29, 1.82) is 0 Å². The Morgan fingerprint density at radius 1 is 1.50 bits per heavy atom. The van der Waals surface area contributed by atoms with Gasteiger partial charge in [-0.3, -0.25) is 9.48 Å². The molecule has 1 amide bonds. The van der Waals surface area contributed by atoms with Gasteiger partial charge in [0.25, 0.3) is 0 Å². The summed E-state index contributed by atoms with van der Waals surface area (Å²) in [6, 6.07) is 1.94. The molecule has 20 heavy (non-hydrogen) atoms. The minimum atomic E-state index is -0.288. The highest BCUT2D eigenvalue weighted by molar-refractivity contribution is 5.80. The first kappa shape index (κ1) is 15.0. The van der Waals surface area contributed by atoms with Crippen LogP contribution in [-0.4, -0.2) is 44.9 Å². The Bertz CT molecular complexity index is 483. The number of piperidine rings is 1. The number of aliphatic hydroxyl groups is 1. The number of amides is 1. The topological polar surface area (TPSA) is 58.4 Å². The number of carbonyl (C=O) groups excluding carboxylic acids is 1. The molecule has 3 atom stereocenters. The van der Waals surface area contributed by atoms with Crippen LogP contribution >= 0.6 is 0 Å². The van der Waals surface area contributed by atoms with Gasteiger partial charge in [0.05, 0.1) is 5.69 Å². The van der Waals surface area contributed by atoms with Crippen LogP contribution in [0.3, 0.4) is 0 Å². The van der Waals surface area contributed by atoms with E-state index in [2.05, 4.69) is 12.0 Å². The van der Waals surface area contributed by atoms with Crippen molar-refractivity contribution in [2.45, 2.75) is 52.6 Å². The average molecular weight is 279 g/mol. The molecular weight excluding hydrogens is 254 g/mol. The molecule has 1 fully saturated rings. The van der Waals surface area contributed by atoms with Crippen molar-refractivity contribution in [2.24, 2.45) is 5.92 Å². The molecule has 1 aliphatic heterocycles. The predicted octanol–water partition coefficient (Wildman–Crippen LogP) is 1.68. The van der Waals surface area contributed by atoms with Gasteiger partial charge in [0.1, 0.15) is 6.04 Å². The number of hydrogen-bond donors (Lipinski definition) is 1. The van der Waals surface area contributed by atoms with E-state index in [9.17, 15) is 9.90 Å². The molecule has 5 nitrogen and oxygen atoms in total. The van der Waals surface area contributed by atoms with Crippen molar-refractivity contribution in [3.8, 4) is 0 Å². The third-order valence-electron chi connectivity index (χ3n) is 4.29. The highest BCUT2D eigenvalue weighted by Crippen LogP contribution is 2.24. The fraction of sp³-hybridized carbons (Fsp3) is 0.733. The largest absolute Gasteiger partial charge is 0.396 e. The summed E-state index contributed by atoms with van der Waals surface area (Å²) >= 11 is 0. The zero-order chi connectivity index (χ0) is 14.9. The Morgan fingerprint density at radius 2 is 2.20 bits per heavy atom. The van der Waals surface area contributed by atoms with Gasteiger partial charge in [-0.1, -0.05) is 0 Å². The van der Waals surface area contributed by atoms with Gasteiger partial charge in [0.15, 0.2) is 0 Å². The van der Waals surface area contributed by atoms with Crippen LogP contribution in [0.5, 0.6) is 0 Å². The molecule has 2 heterocycles. The summed E-state index contributed by atoms with van der Waals surface area (Å²) in [6.07, 6.45) is 1.95. The summed E-state index contributed by atoms with van der Waals surface area (Å²) in [4.78, 5) is 14.6. The van der Waals surface area contributed by atoms with E-state index in [0.717, 1.165) is 24.2 Å². The highest BCUT2D eigenvalue weighted by atomic mass is 16.3. The number of aryl methyl sites for hydroxylation is 2. The molecule has 0 radical (unpaired) electrons. The van der Waals surface area contributed by atoms with Gasteiger partial charge in [-0.2, -0.15) is 5.10 Å².